The van der Waals surface area contributed by atoms with Crippen LogP contribution < -0.4 is 10.6 Å². The SMILES string of the molecule is CNCC(=O)NC(C)(C)c1nc(C)cs1. The average Bonchev–Trinajstić information content (AvgIpc) is 2.51. The number of hydrogen-bond acceptors (Lipinski definition) is 4. The summed E-state index contributed by atoms with van der Waals surface area (Å²) >= 11 is 1.57. The van der Waals surface area contributed by atoms with E-state index in [0.717, 1.165) is 10.7 Å². The Balaban J connectivity index is 2.70. The number of thiazole rings is 1. The molecular weight excluding hydrogens is 210 g/mol. The average molecular weight is 227 g/mol. The maximum absolute atomic E-state index is 11.4. The van der Waals surface area contributed by atoms with Crippen molar-refractivity contribution in [3.8, 4) is 0 Å². The minimum atomic E-state index is -0.396. The third-order valence-electron chi connectivity index (χ3n) is 1.94. The third-order valence-corrected chi connectivity index (χ3v) is 3.23. The highest BCUT2D eigenvalue weighted by atomic mass is 32.1. The Morgan fingerprint density at radius 3 is 2.73 bits per heavy atom. The first kappa shape index (κ1) is 12.1. The normalized spacial score (nSPS) is 11.5. The molecule has 4 nitrogen and oxygen atoms in total. The lowest BCUT2D eigenvalue weighted by atomic mass is 10.1. The predicted octanol–water partition coefficient (Wildman–Crippen LogP) is 1.02. The van der Waals surface area contributed by atoms with E-state index < -0.39 is 5.54 Å². The quantitative estimate of drug-likeness (QED) is 0.807. The first-order valence-electron chi connectivity index (χ1n) is 4.84. The molecule has 1 heterocycles. The lowest BCUT2D eigenvalue weighted by Crippen LogP contribution is -2.44. The topological polar surface area (TPSA) is 54.0 Å². The molecule has 0 fully saturated rings. The Bertz CT molecular complexity index is 346. The largest absolute Gasteiger partial charge is 0.344 e. The molecule has 0 unspecified atom stereocenters. The standard InChI is InChI=1S/C10H17N3OS/c1-7-6-15-9(12-7)10(2,3)13-8(14)5-11-4/h6,11H,5H2,1-4H3,(H,13,14). The van der Waals surface area contributed by atoms with E-state index in [9.17, 15) is 4.79 Å². The van der Waals surface area contributed by atoms with Crippen LogP contribution in [0.2, 0.25) is 0 Å². The summed E-state index contributed by atoms with van der Waals surface area (Å²) < 4.78 is 0. The molecule has 1 aromatic rings. The molecule has 0 aliphatic rings. The van der Waals surface area contributed by atoms with Crippen LogP contribution in [0.25, 0.3) is 0 Å². The van der Waals surface area contributed by atoms with E-state index in [2.05, 4.69) is 15.6 Å². The number of nitrogens with one attached hydrogen (secondary N) is 2. The van der Waals surface area contributed by atoms with Gasteiger partial charge in [-0.2, -0.15) is 0 Å². The Labute approximate surface area is 94.1 Å². The molecule has 1 aromatic heterocycles. The van der Waals surface area contributed by atoms with Crippen molar-refractivity contribution in [2.75, 3.05) is 13.6 Å². The molecule has 0 saturated carbocycles. The van der Waals surface area contributed by atoms with Gasteiger partial charge in [0.2, 0.25) is 5.91 Å². The van der Waals surface area contributed by atoms with Crippen molar-refractivity contribution < 1.29 is 4.79 Å². The van der Waals surface area contributed by atoms with E-state index >= 15 is 0 Å². The van der Waals surface area contributed by atoms with Gasteiger partial charge >= 0.3 is 0 Å². The molecule has 0 saturated heterocycles. The van der Waals surface area contributed by atoms with Crippen molar-refractivity contribution in [3.05, 3.63) is 16.1 Å². The first-order chi connectivity index (χ1) is 6.95. The van der Waals surface area contributed by atoms with Crippen LogP contribution in [0.15, 0.2) is 5.38 Å². The highest BCUT2D eigenvalue weighted by molar-refractivity contribution is 7.09. The summed E-state index contributed by atoms with van der Waals surface area (Å²) in [5, 5.41) is 8.67. The summed E-state index contributed by atoms with van der Waals surface area (Å²) in [6, 6.07) is 0. The van der Waals surface area contributed by atoms with Crippen molar-refractivity contribution in [2.24, 2.45) is 0 Å². The summed E-state index contributed by atoms with van der Waals surface area (Å²) in [6.07, 6.45) is 0. The van der Waals surface area contributed by atoms with Crippen LogP contribution >= 0.6 is 11.3 Å². The molecule has 0 radical (unpaired) electrons. The zero-order valence-corrected chi connectivity index (χ0v) is 10.4. The third kappa shape index (κ3) is 3.28. The van der Waals surface area contributed by atoms with Gasteiger partial charge < -0.3 is 10.6 Å². The molecule has 5 heteroatoms. The Hall–Kier alpha value is -0.940. The molecule has 0 atom stereocenters. The first-order valence-corrected chi connectivity index (χ1v) is 5.72. The van der Waals surface area contributed by atoms with Crippen LogP contribution in [0.1, 0.15) is 24.5 Å². The highest BCUT2D eigenvalue weighted by Crippen LogP contribution is 2.23. The van der Waals surface area contributed by atoms with Crippen LogP contribution in [-0.4, -0.2) is 24.5 Å². The van der Waals surface area contributed by atoms with Crippen LogP contribution in [0.5, 0.6) is 0 Å². The number of rotatable bonds is 4. The van der Waals surface area contributed by atoms with Crippen LogP contribution in [0, 0.1) is 6.92 Å². The van der Waals surface area contributed by atoms with Gasteiger partial charge in [0.05, 0.1) is 12.1 Å². The Kier molecular flexibility index (Phi) is 3.82. The second kappa shape index (κ2) is 4.72. The van der Waals surface area contributed by atoms with Gasteiger partial charge in [-0.3, -0.25) is 4.79 Å². The number of carbonyl (C=O) groups is 1. The predicted molar refractivity (Wildman–Crippen MR) is 61.9 cm³/mol. The smallest absolute Gasteiger partial charge is 0.234 e. The van der Waals surface area contributed by atoms with E-state index in [1.54, 1.807) is 18.4 Å². The zero-order valence-electron chi connectivity index (χ0n) is 9.55. The molecule has 0 aliphatic carbocycles. The number of hydrogen-bond donors (Lipinski definition) is 2. The number of likely N-dealkylation sites (N-methyl/N-ethyl adjacent to an activating group) is 1. The number of amides is 1. The number of nitrogens with zero attached hydrogens (tertiary/aromatic N) is 1. The lowest BCUT2D eigenvalue weighted by molar-refractivity contribution is -0.121. The summed E-state index contributed by atoms with van der Waals surface area (Å²) in [6.45, 7) is 6.19. The molecule has 15 heavy (non-hydrogen) atoms. The highest BCUT2D eigenvalue weighted by Gasteiger charge is 2.25. The van der Waals surface area contributed by atoms with E-state index in [1.165, 1.54) is 0 Å². The van der Waals surface area contributed by atoms with E-state index in [4.69, 9.17) is 0 Å². The molecule has 0 aliphatic heterocycles. The van der Waals surface area contributed by atoms with Gasteiger partial charge in [0, 0.05) is 11.1 Å². The fourth-order valence-corrected chi connectivity index (χ4v) is 2.13. The monoisotopic (exact) mass is 227 g/mol. The second-order valence-corrected chi connectivity index (χ2v) is 4.86. The van der Waals surface area contributed by atoms with Crippen molar-refractivity contribution in [3.63, 3.8) is 0 Å². The fourth-order valence-electron chi connectivity index (χ4n) is 1.25. The van der Waals surface area contributed by atoms with Gasteiger partial charge in [-0.1, -0.05) is 0 Å². The van der Waals surface area contributed by atoms with Gasteiger partial charge in [0.15, 0.2) is 0 Å². The van der Waals surface area contributed by atoms with Crippen LogP contribution in [0.3, 0.4) is 0 Å². The molecule has 1 amide bonds. The van der Waals surface area contributed by atoms with E-state index in [-0.39, 0.29) is 5.91 Å². The number of aryl methyl sites for hydroxylation is 1. The molecule has 84 valence electrons. The Morgan fingerprint density at radius 2 is 2.27 bits per heavy atom. The minimum Gasteiger partial charge on any atom is -0.344 e. The summed E-state index contributed by atoms with van der Waals surface area (Å²) in [4.78, 5) is 15.8. The Morgan fingerprint density at radius 1 is 1.60 bits per heavy atom. The zero-order chi connectivity index (χ0) is 11.5. The minimum absolute atomic E-state index is 0.0182. The maximum atomic E-state index is 11.4. The van der Waals surface area contributed by atoms with Gasteiger partial charge in [-0.05, 0) is 27.8 Å². The molecule has 0 spiro atoms. The van der Waals surface area contributed by atoms with E-state index in [0.29, 0.717) is 6.54 Å². The summed E-state index contributed by atoms with van der Waals surface area (Å²) in [7, 11) is 1.75. The van der Waals surface area contributed by atoms with Crippen LogP contribution in [0.4, 0.5) is 0 Å². The van der Waals surface area contributed by atoms with Gasteiger partial charge in [-0.15, -0.1) is 11.3 Å². The second-order valence-electron chi connectivity index (χ2n) is 4.00. The maximum Gasteiger partial charge on any atom is 0.234 e. The lowest BCUT2D eigenvalue weighted by Gasteiger charge is -2.23. The van der Waals surface area contributed by atoms with Crippen LogP contribution in [-0.2, 0) is 10.3 Å². The van der Waals surface area contributed by atoms with Gasteiger partial charge in [0.25, 0.3) is 0 Å². The molecule has 1 rings (SSSR count). The van der Waals surface area contributed by atoms with Crippen molar-refractivity contribution >= 4 is 17.2 Å². The van der Waals surface area contributed by atoms with Crippen molar-refractivity contribution in [2.45, 2.75) is 26.3 Å². The van der Waals surface area contributed by atoms with Gasteiger partial charge in [0.1, 0.15) is 5.01 Å². The molecule has 0 aromatic carbocycles. The molecule has 2 N–H and O–H groups in total. The number of carbonyl (C=O) groups excluding carboxylic acids is 1. The van der Waals surface area contributed by atoms with Gasteiger partial charge in [-0.25, -0.2) is 4.98 Å². The van der Waals surface area contributed by atoms with Crippen molar-refractivity contribution in [1.29, 1.82) is 0 Å². The van der Waals surface area contributed by atoms with Crippen molar-refractivity contribution in [1.82, 2.24) is 15.6 Å². The molecule has 0 bridgehead atoms. The summed E-state index contributed by atoms with van der Waals surface area (Å²) in [5.74, 6) is -0.0182. The number of aromatic nitrogens is 1. The molecular formula is C10H17N3OS. The van der Waals surface area contributed by atoms with E-state index in [1.807, 2.05) is 26.2 Å². The summed E-state index contributed by atoms with van der Waals surface area (Å²) in [5.41, 5.74) is 0.596. The fraction of sp³-hybridized carbons (Fsp3) is 0.600.